The highest BCUT2D eigenvalue weighted by molar-refractivity contribution is 9.11. The van der Waals surface area contributed by atoms with Crippen LogP contribution < -0.4 is 10.6 Å². The molecule has 0 amide bonds. The lowest BCUT2D eigenvalue weighted by molar-refractivity contribution is 0.662. The third-order valence-corrected chi connectivity index (χ3v) is 4.81. The summed E-state index contributed by atoms with van der Waals surface area (Å²) < 4.78 is 2.17. The number of benzene rings is 1. The summed E-state index contributed by atoms with van der Waals surface area (Å²) in [7, 11) is 0. The summed E-state index contributed by atoms with van der Waals surface area (Å²) in [5.74, 6) is 1.40. The molecule has 0 aromatic heterocycles. The van der Waals surface area contributed by atoms with E-state index >= 15 is 0 Å². The van der Waals surface area contributed by atoms with E-state index in [9.17, 15) is 0 Å². The molecular weight excluding hydrogens is 370 g/mol. The Kier molecular flexibility index (Phi) is 5.28. The molecule has 1 aromatic rings. The number of hydrogen-bond acceptors (Lipinski definition) is 3. The van der Waals surface area contributed by atoms with Crippen LogP contribution in [0.5, 0.6) is 0 Å². The molecule has 1 aliphatic heterocycles. The minimum atomic E-state index is 0.548. The minimum Gasteiger partial charge on any atom is -0.354 e. The summed E-state index contributed by atoms with van der Waals surface area (Å²) in [6, 6.07) is 4.29. The predicted octanol–water partition coefficient (Wildman–Crippen LogP) is 4.49. The Morgan fingerprint density at radius 3 is 2.84 bits per heavy atom. The first kappa shape index (κ1) is 14.9. The van der Waals surface area contributed by atoms with Crippen molar-refractivity contribution in [2.75, 3.05) is 18.4 Å². The molecule has 1 heterocycles. The van der Waals surface area contributed by atoms with Gasteiger partial charge in [-0.3, -0.25) is 4.99 Å². The van der Waals surface area contributed by atoms with Crippen LogP contribution >= 0.6 is 31.9 Å². The summed E-state index contributed by atoms with van der Waals surface area (Å²) in [5, 5.41) is 6.59. The van der Waals surface area contributed by atoms with E-state index in [0.29, 0.717) is 5.92 Å². The van der Waals surface area contributed by atoms with Crippen molar-refractivity contribution in [1.29, 1.82) is 0 Å². The van der Waals surface area contributed by atoms with E-state index in [0.717, 1.165) is 33.7 Å². The number of hydrogen-bond donors (Lipinski definition) is 2. The molecule has 1 aromatic carbocycles. The molecule has 0 bridgehead atoms. The van der Waals surface area contributed by atoms with Crippen LogP contribution in [-0.4, -0.2) is 19.0 Å². The Balaban J connectivity index is 2.28. The highest BCUT2D eigenvalue weighted by Gasteiger charge is 2.16. The van der Waals surface area contributed by atoms with Gasteiger partial charge in [0.25, 0.3) is 0 Å². The van der Waals surface area contributed by atoms with Crippen molar-refractivity contribution in [2.45, 2.75) is 32.6 Å². The number of guanidine groups is 1. The van der Waals surface area contributed by atoms with Crippen LogP contribution in [0, 0.1) is 0 Å². The molecule has 1 aliphatic rings. The van der Waals surface area contributed by atoms with Gasteiger partial charge in [0, 0.05) is 15.5 Å². The second-order valence-corrected chi connectivity index (χ2v) is 6.44. The maximum absolute atomic E-state index is 4.38. The molecule has 19 heavy (non-hydrogen) atoms. The van der Waals surface area contributed by atoms with Gasteiger partial charge in [-0.05, 0) is 55.8 Å². The number of nitrogens with zero attached hydrogens (tertiary/aromatic N) is 1. The smallest absolute Gasteiger partial charge is 0.195 e. The van der Waals surface area contributed by atoms with Crippen LogP contribution in [-0.2, 0) is 0 Å². The van der Waals surface area contributed by atoms with Crippen molar-refractivity contribution in [2.24, 2.45) is 4.99 Å². The summed E-state index contributed by atoms with van der Waals surface area (Å²) in [6.07, 6.45) is 2.39. The Morgan fingerprint density at radius 1 is 1.42 bits per heavy atom. The van der Waals surface area contributed by atoms with Crippen molar-refractivity contribution >= 4 is 43.5 Å². The van der Waals surface area contributed by atoms with E-state index in [4.69, 9.17) is 0 Å². The lowest BCUT2D eigenvalue weighted by Crippen LogP contribution is -2.26. The Hall–Kier alpha value is -0.550. The Morgan fingerprint density at radius 2 is 2.21 bits per heavy atom. The number of aliphatic imine (C=N–C) groups is 1. The largest absolute Gasteiger partial charge is 0.354 e. The van der Waals surface area contributed by atoms with Crippen molar-refractivity contribution in [3.8, 4) is 0 Å². The molecule has 0 spiro atoms. The molecule has 104 valence electrons. The maximum Gasteiger partial charge on any atom is 0.195 e. The normalized spacial score (nSPS) is 15.9. The van der Waals surface area contributed by atoms with Crippen LogP contribution in [0.3, 0.4) is 0 Å². The molecule has 0 fully saturated rings. The lowest BCUT2D eigenvalue weighted by atomic mass is 9.96. The predicted molar refractivity (Wildman–Crippen MR) is 89.1 cm³/mol. The summed E-state index contributed by atoms with van der Waals surface area (Å²) >= 11 is 7.34. The van der Waals surface area contributed by atoms with E-state index in [1.54, 1.807) is 0 Å². The Bertz CT molecular complexity index is 486. The standard InChI is InChI=1S/C14H19Br2N3/c1-3-4-9(2)10-5-6-11(15)13(12(10)16)19-14-17-7-8-18-14/h5-6,9H,3-4,7-8H2,1-2H3,(H2,17,18,19). The first-order valence-corrected chi connectivity index (χ1v) is 8.25. The van der Waals surface area contributed by atoms with Gasteiger partial charge in [0.2, 0.25) is 0 Å². The number of halogens is 2. The van der Waals surface area contributed by atoms with Gasteiger partial charge in [-0.25, -0.2) is 0 Å². The first-order valence-electron chi connectivity index (χ1n) is 6.66. The number of anilines is 1. The molecule has 5 heteroatoms. The van der Waals surface area contributed by atoms with E-state index in [1.807, 2.05) is 0 Å². The molecule has 3 nitrogen and oxygen atoms in total. The van der Waals surface area contributed by atoms with E-state index < -0.39 is 0 Å². The molecule has 1 atom stereocenters. The van der Waals surface area contributed by atoms with Gasteiger partial charge >= 0.3 is 0 Å². The fraction of sp³-hybridized carbons (Fsp3) is 0.500. The van der Waals surface area contributed by atoms with Crippen LogP contribution in [0.2, 0.25) is 0 Å². The third-order valence-electron chi connectivity index (χ3n) is 3.29. The summed E-state index contributed by atoms with van der Waals surface area (Å²) in [4.78, 5) is 4.38. The molecule has 2 rings (SSSR count). The summed E-state index contributed by atoms with van der Waals surface area (Å²) in [6.45, 7) is 6.24. The average Bonchev–Trinajstić information content (AvgIpc) is 2.87. The van der Waals surface area contributed by atoms with Crippen LogP contribution in [0.15, 0.2) is 26.1 Å². The molecule has 0 aliphatic carbocycles. The van der Waals surface area contributed by atoms with Gasteiger partial charge in [-0.2, -0.15) is 0 Å². The second kappa shape index (κ2) is 6.75. The zero-order chi connectivity index (χ0) is 13.8. The van der Waals surface area contributed by atoms with Gasteiger partial charge in [0.05, 0.1) is 12.2 Å². The van der Waals surface area contributed by atoms with Gasteiger partial charge in [0.15, 0.2) is 5.96 Å². The van der Waals surface area contributed by atoms with Gasteiger partial charge in [0.1, 0.15) is 0 Å². The lowest BCUT2D eigenvalue weighted by Gasteiger charge is -2.18. The van der Waals surface area contributed by atoms with E-state index in [-0.39, 0.29) is 0 Å². The van der Waals surface area contributed by atoms with Crippen LogP contribution in [0.25, 0.3) is 0 Å². The van der Waals surface area contributed by atoms with E-state index in [1.165, 1.54) is 18.4 Å². The molecule has 0 saturated heterocycles. The Labute approximate surface area is 131 Å². The molecule has 0 radical (unpaired) electrons. The molecule has 1 unspecified atom stereocenters. The monoisotopic (exact) mass is 387 g/mol. The highest BCUT2D eigenvalue weighted by atomic mass is 79.9. The van der Waals surface area contributed by atoms with Crippen molar-refractivity contribution in [3.63, 3.8) is 0 Å². The molecule has 0 saturated carbocycles. The van der Waals surface area contributed by atoms with Gasteiger partial charge < -0.3 is 10.6 Å². The zero-order valence-corrected chi connectivity index (χ0v) is 14.4. The van der Waals surface area contributed by atoms with Crippen molar-refractivity contribution in [3.05, 3.63) is 26.6 Å². The van der Waals surface area contributed by atoms with E-state index in [2.05, 4.69) is 73.5 Å². The van der Waals surface area contributed by atoms with Gasteiger partial charge in [-0.1, -0.05) is 26.3 Å². The first-order chi connectivity index (χ1) is 9.13. The maximum atomic E-state index is 4.38. The number of rotatable bonds is 4. The van der Waals surface area contributed by atoms with Crippen molar-refractivity contribution in [1.82, 2.24) is 5.32 Å². The quantitative estimate of drug-likeness (QED) is 0.797. The zero-order valence-electron chi connectivity index (χ0n) is 11.3. The minimum absolute atomic E-state index is 0.548. The molecular formula is C14H19Br2N3. The third kappa shape index (κ3) is 3.51. The van der Waals surface area contributed by atoms with Crippen molar-refractivity contribution < 1.29 is 0 Å². The SMILES string of the molecule is CCCC(C)c1ccc(Br)c(NC2=NCCN2)c1Br. The second-order valence-electron chi connectivity index (χ2n) is 4.80. The highest BCUT2D eigenvalue weighted by Crippen LogP contribution is 2.38. The average molecular weight is 389 g/mol. The fourth-order valence-electron chi connectivity index (χ4n) is 2.25. The topological polar surface area (TPSA) is 36.4 Å². The van der Waals surface area contributed by atoms with Crippen LogP contribution in [0.4, 0.5) is 5.69 Å². The fourth-order valence-corrected chi connectivity index (χ4v) is 3.78. The summed E-state index contributed by atoms with van der Waals surface area (Å²) in [5.41, 5.74) is 2.39. The van der Waals surface area contributed by atoms with Gasteiger partial charge in [-0.15, -0.1) is 0 Å². The van der Waals surface area contributed by atoms with Crippen LogP contribution in [0.1, 0.15) is 38.2 Å². The molecule has 2 N–H and O–H groups in total. The number of nitrogens with one attached hydrogen (secondary N) is 2.